The van der Waals surface area contributed by atoms with Crippen LogP contribution in [0.5, 0.6) is 5.75 Å². The van der Waals surface area contributed by atoms with E-state index in [1.54, 1.807) is 24.5 Å². The van der Waals surface area contributed by atoms with Gasteiger partial charge >= 0.3 is 0 Å². The summed E-state index contributed by atoms with van der Waals surface area (Å²) in [5, 5.41) is 0. The van der Waals surface area contributed by atoms with Crippen molar-refractivity contribution < 1.29 is 9.53 Å². The first-order valence-corrected chi connectivity index (χ1v) is 9.49. The van der Waals surface area contributed by atoms with Crippen molar-refractivity contribution in [3.63, 3.8) is 0 Å². The van der Waals surface area contributed by atoms with Crippen molar-refractivity contribution in [3.05, 3.63) is 96.3 Å². The Hall–Kier alpha value is -3.79. The molecule has 0 aliphatic rings. The number of allylic oxidation sites excluding steroid dienone is 1. The molecular formula is C25H20N2O2. The monoisotopic (exact) mass is 380 g/mol. The second-order valence-electron chi connectivity index (χ2n) is 6.54. The fourth-order valence-corrected chi connectivity index (χ4v) is 3.09. The summed E-state index contributed by atoms with van der Waals surface area (Å²) in [5.41, 5.74) is 5.35. The summed E-state index contributed by atoms with van der Waals surface area (Å²) in [7, 11) is 0. The molecule has 0 unspecified atom stereocenters. The number of ether oxygens (including phenoxy) is 1. The lowest BCUT2D eigenvalue weighted by Gasteiger charge is -2.06. The van der Waals surface area contributed by atoms with E-state index in [0.717, 1.165) is 33.5 Å². The zero-order valence-corrected chi connectivity index (χ0v) is 16.1. The molecular weight excluding hydrogens is 360 g/mol. The lowest BCUT2D eigenvalue weighted by molar-refractivity contribution is 0.104. The molecule has 0 saturated carbocycles. The van der Waals surface area contributed by atoms with E-state index in [-0.39, 0.29) is 5.78 Å². The number of hydrogen-bond acceptors (Lipinski definition) is 4. The zero-order chi connectivity index (χ0) is 20.1. The molecule has 0 spiro atoms. The number of benzene rings is 3. The van der Waals surface area contributed by atoms with Crippen molar-refractivity contribution in [2.75, 3.05) is 6.61 Å². The van der Waals surface area contributed by atoms with Gasteiger partial charge in [0.1, 0.15) is 5.75 Å². The van der Waals surface area contributed by atoms with Crippen LogP contribution in [0.3, 0.4) is 0 Å². The van der Waals surface area contributed by atoms with Crippen molar-refractivity contribution in [1.29, 1.82) is 0 Å². The minimum Gasteiger partial charge on any atom is -0.494 e. The van der Waals surface area contributed by atoms with Gasteiger partial charge in [-0.1, -0.05) is 48.5 Å². The zero-order valence-electron chi connectivity index (χ0n) is 16.1. The molecule has 1 heterocycles. The van der Waals surface area contributed by atoms with E-state index in [0.29, 0.717) is 12.2 Å². The van der Waals surface area contributed by atoms with Crippen LogP contribution in [-0.4, -0.2) is 22.4 Å². The van der Waals surface area contributed by atoms with E-state index in [9.17, 15) is 4.79 Å². The maximum Gasteiger partial charge on any atom is 0.185 e. The van der Waals surface area contributed by atoms with Crippen molar-refractivity contribution in [2.24, 2.45) is 0 Å². The highest BCUT2D eigenvalue weighted by atomic mass is 16.5. The van der Waals surface area contributed by atoms with Gasteiger partial charge in [0.25, 0.3) is 0 Å². The molecule has 0 saturated heterocycles. The number of aromatic nitrogens is 2. The SMILES string of the molecule is CCOc1ccc(-c2ccc(C(=O)/C=C/c3ccc4nccnc4c3)cc2)cc1. The van der Waals surface area contributed by atoms with Crippen molar-refractivity contribution >= 4 is 22.9 Å². The number of fused-ring (bicyclic) bond motifs is 1. The molecule has 0 fully saturated rings. The Morgan fingerprint density at radius 1 is 0.862 bits per heavy atom. The van der Waals surface area contributed by atoms with Gasteiger partial charge in [0.15, 0.2) is 5.78 Å². The number of carbonyl (C=O) groups is 1. The van der Waals surface area contributed by atoms with Crippen LogP contribution in [0.4, 0.5) is 0 Å². The second kappa shape index (κ2) is 8.48. The largest absolute Gasteiger partial charge is 0.494 e. The van der Waals surface area contributed by atoms with Gasteiger partial charge in [0, 0.05) is 18.0 Å². The summed E-state index contributed by atoms with van der Waals surface area (Å²) in [6.07, 6.45) is 6.71. The first-order valence-electron chi connectivity index (χ1n) is 9.49. The van der Waals surface area contributed by atoms with Crippen LogP contribution in [0.1, 0.15) is 22.8 Å². The molecule has 4 aromatic rings. The normalized spacial score (nSPS) is 11.1. The summed E-state index contributed by atoms with van der Waals surface area (Å²) < 4.78 is 5.47. The molecule has 4 heteroatoms. The van der Waals surface area contributed by atoms with Crippen LogP contribution in [0.2, 0.25) is 0 Å². The average molecular weight is 380 g/mol. The van der Waals surface area contributed by atoms with Gasteiger partial charge < -0.3 is 4.74 Å². The summed E-state index contributed by atoms with van der Waals surface area (Å²) in [4.78, 5) is 21.1. The van der Waals surface area contributed by atoms with Crippen LogP contribution in [0.15, 0.2) is 85.2 Å². The molecule has 29 heavy (non-hydrogen) atoms. The van der Waals surface area contributed by atoms with Gasteiger partial charge in [-0.15, -0.1) is 0 Å². The lowest BCUT2D eigenvalue weighted by Crippen LogP contribution is -1.94. The molecule has 0 aliphatic heterocycles. The van der Waals surface area contributed by atoms with Crippen molar-refractivity contribution in [1.82, 2.24) is 9.97 Å². The van der Waals surface area contributed by atoms with Gasteiger partial charge in [-0.25, -0.2) is 0 Å². The third kappa shape index (κ3) is 4.38. The number of hydrogen-bond donors (Lipinski definition) is 0. The van der Waals surface area contributed by atoms with Crippen molar-refractivity contribution in [2.45, 2.75) is 6.92 Å². The Morgan fingerprint density at radius 3 is 2.21 bits per heavy atom. The first-order chi connectivity index (χ1) is 14.2. The highest BCUT2D eigenvalue weighted by Gasteiger charge is 2.04. The number of ketones is 1. The molecule has 4 rings (SSSR count). The molecule has 0 bridgehead atoms. The van der Waals surface area contributed by atoms with Crippen LogP contribution in [-0.2, 0) is 0 Å². The predicted octanol–water partition coefficient (Wildman–Crippen LogP) is 5.59. The van der Waals surface area contributed by atoms with E-state index in [2.05, 4.69) is 9.97 Å². The van der Waals surface area contributed by atoms with Crippen LogP contribution >= 0.6 is 0 Å². The molecule has 0 amide bonds. The summed E-state index contributed by atoms with van der Waals surface area (Å²) in [5.74, 6) is 0.815. The summed E-state index contributed by atoms with van der Waals surface area (Å²) >= 11 is 0. The third-order valence-electron chi connectivity index (χ3n) is 4.59. The van der Waals surface area contributed by atoms with E-state index in [1.807, 2.05) is 73.7 Å². The topological polar surface area (TPSA) is 52.1 Å². The molecule has 0 aliphatic carbocycles. The standard InChI is InChI=1S/C25H20N2O2/c1-2-29-22-11-9-20(10-12-22)19-5-7-21(8-6-19)25(28)14-4-18-3-13-23-24(17-18)27-16-15-26-23/h3-17H,2H2,1H3/b14-4+. The smallest absolute Gasteiger partial charge is 0.185 e. The van der Waals surface area contributed by atoms with Crippen LogP contribution < -0.4 is 4.74 Å². The van der Waals surface area contributed by atoms with E-state index in [1.165, 1.54) is 0 Å². The maximum absolute atomic E-state index is 12.5. The van der Waals surface area contributed by atoms with E-state index in [4.69, 9.17) is 4.74 Å². The third-order valence-corrected chi connectivity index (χ3v) is 4.59. The molecule has 0 N–H and O–H groups in total. The Morgan fingerprint density at radius 2 is 1.52 bits per heavy atom. The minimum atomic E-state index is -0.0394. The number of carbonyl (C=O) groups excluding carboxylic acids is 1. The average Bonchev–Trinajstić information content (AvgIpc) is 2.78. The molecule has 4 nitrogen and oxygen atoms in total. The molecule has 1 aromatic heterocycles. The van der Waals surface area contributed by atoms with Gasteiger partial charge in [-0.05, 0) is 54.0 Å². The molecule has 142 valence electrons. The highest BCUT2D eigenvalue weighted by molar-refractivity contribution is 6.07. The predicted molar refractivity (Wildman–Crippen MR) is 116 cm³/mol. The van der Waals surface area contributed by atoms with Crippen LogP contribution in [0.25, 0.3) is 28.2 Å². The molecule has 0 atom stereocenters. The van der Waals surface area contributed by atoms with Gasteiger partial charge in [-0.2, -0.15) is 0 Å². The van der Waals surface area contributed by atoms with Crippen molar-refractivity contribution in [3.8, 4) is 16.9 Å². The highest BCUT2D eigenvalue weighted by Crippen LogP contribution is 2.23. The Bertz CT molecular complexity index is 1160. The first kappa shape index (κ1) is 18.6. The second-order valence-corrected chi connectivity index (χ2v) is 6.54. The Balaban J connectivity index is 1.47. The Labute approximate surface area is 169 Å². The quantitative estimate of drug-likeness (QED) is 0.323. The fourth-order valence-electron chi connectivity index (χ4n) is 3.09. The van der Waals surface area contributed by atoms with Gasteiger partial charge in [0.05, 0.1) is 17.6 Å². The number of rotatable bonds is 6. The summed E-state index contributed by atoms with van der Waals surface area (Å²) in [6, 6.07) is 21.3. The molecule has 3 aromatic carbocycles. The summed E-state index contributed by atoms with van der Waals surface area (Å²) in [6.45, 7) is 2.61. The Kier molecular flexibility index (Phi) is 5.43. The van der Waals surface area contributed by atoms with Gasteiger partial charge in [-0.3, -0.25) is 14.8 Å². The van der Waals surface area contributed by atoms with E-state index < -0.39 is 0 Å². The minimum absolute atomic E-state index is 0.0394. The lowest BCUT2D eigenvalue weighted by atomic mass is 10.0. The van der Waals surface area contributed by atoms with Gasteiger partial charge in [0.2, 0.25) is 0 Å². The van der Waals surface area contributed by atoms with Crippen LogP contribution in [0, 0.1) is 0 Å². The molecule has 0 radical (unpaired) electrons. The maximum atomic E-state index is 12.5. The fraction of sp³-hybridized carbons (Fsp3) is 0.0800. The van der Waals surface area contributed by atoms with E-state index >= 15 is 0 Å². The number of nitrogens with zero attached hydrogens (tertiary/aromatic N) is 2.